The first-order valence-electron chi connectivity index (χ1n) is 5.51. The molecule has 0 radical (unpaired) electrons. The highest BCUT2D eigenvalue weighted by molar-refractivity contribution is 7.71. The smallest absolute Gasteiger partial charge is 0.211 e. The van der Waals surface area contributed by atoms with Gasteiger partial charge in [0.25, 0.3) is 0 Å². The number of benzene rings is 1. The van der Waals surface area contributed by atoms with Crippen LogP contribution in [0.25, 0.3) is 0 Å². The first-order valence-corrected chi connectivity index (χ1v) is 5.92. The molecule has 2 N–H and O–H groups in total. The van der Waals surface area contributed by atoms with Crippen molar-refractivity contribution >= 4 is 18.0 Å². The Kier molecular flexibility index (Phi) is 3.40. The summed E-state index contributed by atoms with van der Waals surface area (Å²) in [5.41, 5.74) is 2.36. The Labute approximate surface area is 109 Å². The second-order valence-electron chi connectivity index (χ2n) is 3.80. The van der Waals surface area contributed by atoms with Gasteiger partial charge in [-0.3, -0.25) is 4.79 Å². The lowest BCUT2D eigenvalue weighted by molar-refractivity contribution is 0.103. The van der Waals surface area contributed by atoms with Crippen LogP contribution >= 0.6 is 12.2 Å². The molecule has 0 spiro atoms. The number of H-pyrrole nitrogens is 2. The van der Waals surface area contributed by atoms with E-state index in [2.05, 4.69) is 9.97 Å². The molecular formula is C13H11N3OS. The average Bonchev–Trinajstić information content (AvgIpc) is 2.79. The summed E-state index contributed by atoms with van der Waals surface area (Å²) in [6, 6.07) is 8.55. The fraction of sp³-hybridized carbons (Fsp3) is 0.154. The molecule has 1 aromatic heterocycles. The van der Waals surface area contributed by atoms with Crippen LogP contribution in [0.4, 0.5) is 0 Å². The molecule has 0 unspecified atom stereocenters. The van der Waals surface area contributed by atoms with Gasteiger partial charge in [-0.05, 0) is 42.9 Å². The van der Waals surface area contributed by atoms with Gasteiger partial charge in [-0.15, -0.1) is 0 Å². The molecule has 1 heterocycles. The van der Waals surface area contributed by atoms with Crippen molar-refractivity contribution in [2.75, 3.05) is 0 Å². The number of nitriles is 1. The van der Waals surface area contributed by atoms with Crippen LogP contribution < -0.4 is 0 Å². The number of rotatable bonds is 3. The van der Waals surface area contributed by atoms with Gasteiger partial charge >= 0.3 is 0 Å². The maximum Gasteiger partial charge on any atom is 0.211 e. The number of nitrogens with zero attached hydrogens (tertiary/aromatic N) is 1. The van der Waals surface area contributed by atoms with Gasteiger partial charge in [0.05, 0.1) is 11.6 Å². The number of aryl methyl sites for hydroxylation is 1. The SMILES string of the molecule is CCc1[nH]c(=S)[nH]c1C(=O)c1ccc(C#N)cc1. The minimum atomic E-state index is -0.122. The largest absolute Gasteiger partial charge is 0.334 e. The molecule has 0 bridgehead atoms. The summed E-state index contributed by atoms with van der Waals surface area (Å²) in [5.74, 6) is -0.122. The van der Waals surface area contributed by atoms with E-state index < -0.39 is 0 Å². The zero-order valence-corrected chi connectivity index (χ0v) is 10.6. The Balaban J connectivity index is 2.41. The van der Waals surface area contributed by atoms with Crippen molar-refractivity contribution in [2.45, 2.75) is 13.3 Å². The Morgan fingerprint density at radius 2 is 2.00 bits per heavy atom. The molecule has 5 heteroatoms. The van der Waals surface area contributed by atoms with Gasteiger partial charge in [-0.1, -0.05) is 6.92 Å². The first-order chi connectivity index (χ1) is 8.65. The molecule has 0 saturated heterocycles. The number of carbonyl (C=O) groups excluding carboxylic acids is 1. The predicted octanol–water partition coefficient (Wildman–Crippen LogP) is 2.74. The Hall–Kier alpha value is -2.19. The number of hydrogen-bond donors (Lipinski definition) is 2. The molecule has 0 fully saturated rings. The van der Waals surface area contributed by atoms with Crippen LogP contribution in [0.2, 0.25) is 0 Å². The molecule has 0 atom stereocenters. The fourth-order valence-corrected chi connectivity index (χ4v) is 1.94. The minimum Gasteiger partial charge on any atom is -0.334 e. The standard InChI is InChI=1S/C13H11N3OS/c1-2-10-11(16-13(18)15-10)12(17)9-5-3-8(7-14)4-6-9/h3-6H,2H2,1H3,(H2,15,16,18). The minimum absolute atomic E-state index is 0.122. The van der Waals surface area contributed by atoms with Crippen molar-refractivity contribution in [1.82, 2.24) is 9.97 Å². The van der Waals surface area contributed by atoms with Crippen LogP contribution in [0.15, 0.2) is 24.3 Å². The molecule has 0 aliphatic carbocycles. The number of aromatic nitrogens is 2. The number of imidazole rings is 1. The molecular weight excluding hydrogens is 246 g/mol. The number of aromatic amines is 2. The number of nitrogens with one attached hydrogen (secondary N) is 2. The van der Waals surface area contributed by atoms with Crippen LogP contribution in [0.3, 0.4) is 0 Å². The number of hydrogen-bond acceptors (Lipinski definition) is 3. The summed E-state index contributed by atoms with van der Waals surface area (Å²) in [6.07, 6.45) is 0.699. The van der Waals surface area contributed by atoms with Crippen LogP contribution in [0.5, 0.6) is 0 Å². The molecule has 0 saturated carbocycles. The highest BCUT2D eigenvalue weighted by atomic mass is 32.1. The van der Waals surface area contributed by atoms with E-state index in [1.54, 1.807) is 24.3 Å². The molecule has 90 valence electrons. The van der Waals surface area contributed by atoms with E-state index in [4.69, 9.17) is 17.5 Å². The third kappa shape index (κ3) is 2.24. The number of carbonyl (C=O) groups is 1. The fourth-order valence-electron chi connectivity index (χ4n) is 1.72. The van der Waals surface area contributed by atoms with Crippen molar-refractivity contribution in [3.8, 4) is 6.07 Å². The topological polar surface area (TPSA) is 72.4 Å². The first kappa shape index (κ1) is 12.3. The Bertz CT molecular complexity index is 673. The van der Waals surface area contributed by atoms with Crippen molar-refractivity contribution in [3.05, 3.63) is 51.6 Å². The van der Waals surface area contributed by atoms with Crippen LogP contribution in [-0.2, 0) is 6.42 Å². The summed E-state index contributed by atoms with van der Waals surface area (Å²) in [6.45, 7) is 1.95. The van der Waals surface area contributed by atoms with Gasteiger partial charge in [0.2, 0.25) is 5.78 Å². The van der Waals surface area contributed by atoms with Gasteiger partial charge in [-0.25, -0.2) is 0 Å². The van der Waals surface area contributed by atoms with Gasteiger partial charge in [0, 0.05) is 11.3 Å². The van der Waals surface area contributed by atoms with E-state index in [0.717, 1.165) is 5.69 Å². The average molecular weight is 257 g/mol. The van der Waals surface area contributed by atoms with Gasteiger partial charge in [0.15, 0.2) is 4.77 Å². The highest BCUT2D eigenvalue weighted by Gasteiger charge is 2.15. The summed E-state index contributed by atoms with van der Waals surface area (Å²) in [7, 11) is 0. The van der Waals surface area contributed by atoms with E-state index in [1.165, 1.54) is 0 Å². The monoisotopic (exact) mass is 257 g/mol. The lowest BCUT2D eigenvalue weighted by atomic mass is 10.0. The van der Waals surface area contributed by atoms with Crippen molar-refractivity contribution in [2.24, 2.45) is 0 Å². The van der Waals surface area contributed by atoms with Crippen LogP contribution in [0, 0.1) is 16.1 Å². The molecule has 4 nitrogen and oxygen atoms in total. The Morgan fingerprint density at radius 1 is 1.33 bits per heavy atom. The molecule has 0 amide bonds. The summed E-state index contributed by atoms with van der Waals surface area (Å²) in [4.78, 5) is 18.1. The van der Waals surface area contributed by atoms with E-state index in [1.807, 2.05) is 13.0 Å². The maximum absolute atomic E-state index is 12.3. The molecule has 0 aliphatic rings. The van der Waals surface area contributed by atoms with Crippen LogP contribution in [-0.4, -0.2) is 15.8 Å². The Morgan fingerprint density at radius 3 is 2.56 bits per heavy atom. The lowest BCUT2D eigenvalue weighted by Gasteiger charge is -2.01. The maximum atomic E-state index is 12.3. The summed E-state index contributed by atoms with van der Waals surface area (Å²) >= 11 is 4.99. The van der Waals surface area contributed by atoms with Crippen molar-refractivity contribution in [1.29, 1.82) is 5.26 Å². The predicted molar refractivity (Wildman–Crippen MR) is 69.9 cm³/mol. The molecule has 0 aliphatic heterocycles. The van der Waals surface area contributed by atoms with E-state index in [9.17, 15) is 4.79 Å². The normalized spacial score (nSPS) is 10.0. The second-order valence-corrected chi connectivity index (χ2v) is 4.21. The second kappa shape index (κ2) is 4.98. The zero-order valence-electron chi connectivity index (χ0n) is 9.78. The van der Waals surface area contributed by atoms with E-state index in [0.29, 0.717) is 28.0 Å². The third-order valence-electron chi connectivity index (χ3n) is 2.66. The lowest BCUT2D eigenvalue weighted by Crippen LogP contribution is -2.05. The van der Waals surface area contributed by atoms with Crippen molar-refractivity contribution in [3.63, 3.8) is 0 Å². The third-order valence-corrected chi connectivity index (χ3v) is 2.87. The molecule has 1 aromatic carbocycles. The number of ketones is 1. The highest BCUT2D eigenvalue weighted by Crippen LogP contribution is 2.13. The summed E-state index contributed by atoms with van der Waals surface area (Å²) in [5, 5.41) is 8.71. The summed E-state index contributed by atoms with van der Waals surface area (Å²) < 4.78 is 0.448. The quantitative estimate of drug-likeness (QED) is 0.656. The van der Waals surface area contributed by atoms with Gasteiger partial charge < -0.3 is 9.97 Å². The van der Waals surface area contributed by atoms with Gasteiger partial charge in [0.1, 0.15) is 5.69 Å². The van der Waals surface area contributed by atoms with Crippen LogP contribution in [0.1, 0.15) is 34.2 Å². The molecule has 18 heavy (non-hydrogen) atoms. The van der Waals surface area contributed by atoms with Crippen molar-refractivity contribution < 1.29 is 4.79 Å². The molecule has 2 aromatic rings. The van der Waals surface area contributed by atoms with Gasteiger partial charge in [-0.2, -0.15) is 5.26 Å². The van der Waals surface area contributed by atoms with E-state index in [-0.39, 0.29) is 5.78 Å². The molecule has 2 rings (SSSR count). The zero-order chi connectivity index (χ0) is 13.1. The van der Waals surface area contributed by atoms with E-state index >= 15 is 0 Å².